The zero-order chi connectivity index (χ0) is 12.9. The molecule has 0 heterocycles. The molecule has 2 aliphatic carbocycles. The Bertz CT molecular complexity index is 499. The molecule has 0 radical (unpaired) electrons. The predicted molar refractivity (Wildman–Crippen MR) is 70.4 cm³/mol. The molecule has 1 saturated carbocycles. The van der Waals surface area contributed by atoms with Crippen molar-refractivity contribution in [2.24, 2.45) is 5.41 Å². The Labute approximate surface area is 108 Å². The maximum Gasteiger partial charge on any atom is 0.317 e. The van der Waals surface area contributed by atoms with Crippen molar-refractivity contribution in [2.45, 2.75) is 31.6 Å². The van der Waals surface area contributed by atoms with E-state index in [-0.39, 0.29) is 17.8 Å². The monoisotopic (exact) mass is 242 g/mol. The summed E-state index contributed by atoms with van der Waals surface area (Å²) in [5, 5.41) is 0. The van der Waals surface area contributed by atoms with Crippen molar-refractivity contribution in [1.82, 2.24) is 0 Å². The van der Waals surface area contributed by atoms with E-state index in [0.717, 1.165) is 18.4 Å². The van der Waals surface area contributed by atoms with Gasteiger partial charge in [-0.15, -0.1) is 0 Å². The first-order valence-electron chi connectivity index (χ1n) is 6.47. The van der Waals surface area contributed by atoms with Crippen molar-refractivity contribution in [1.29, 1.82) is 0 Å². The number of methoxy groups -OCH3 is 1. The first-order valence-corrected chi connectivity index (χ1v) is 6.47. The van der Waals surface area contributed by atoms with Gasteiger partial charge in [-0.1, -0.05) is 36.4 Å². The summed E-state index contributed by atoms with van der Waals surface area (Å²) in [7, 11) is 1.48. The van der Waals surface area contributed by atoms with Gasteiger partial charge in [-0.05, 0) is 30.9 Å². The van der Waals surface area contributed by atoms with Crippen LogP contribution in [0.2, 0.25) is 0 Å². The van der Waals surface area contributed by atoms with E-state index in [1.807, 2.05) is 6.92 Å². The first-order chi connectivity index (χ1) is 8.64. The number of ether oxygens (including phenoxy) is 1. The molecule has 0 amide bonds. The second kappa shape index (κ2) is 3.71. The van der Waals surface area contributed by atoms with Crippen LogP contribution in [0.25, 0.3) is 0 Å². The summed E-state index contributed by atoms with van der Waals surface area (Å²) >= 11 is 0. The van der Waals surface area contributed by atoms with Crippen molar-refractivity contribution < 1.29 is 9.53 Å². The molecule has 1 aromatic rings. The van der Waals surface area contributed by atoms with Crippen LogP contribution in [0.5, 0.6) is 0 Å². The second-order valence-corrected chi connectivity index (χ2v) is 5.45. The molecule has 2 atom stereocenters. The smallest absolute Gasteiger partial charge is 0.317 e. The second-order valence-electron chi connectivity index (χ2n) is 5.45. The van der Waals surface area contributed by atoms with Gasteiger partial charge in [-0.2, -0.15) is 0 Å². The van der Waals surface area contributed by atoms with Crippen molar-refractivity contribution >= 4 is 5.97 Å². The minimum absolute atomic E-state index is 0.112. The fourth-order valence-electron chi connectivity index (χ4n) is 4.20. The standard InChI is InChI=1S/C16H18O2/c1-10(2)16(15(17)18-3)13-8-9-14(16)12-7-5-4-6-11(12)13/h4-7,13-14H,1,8-9H2,2-3H3/t13-,14-/m1/s1. The summed E-state index contributed by atoms with van der Waals surface area (Å²) in [4.78, 5) is 12.4. The van der Waals surface area contributed by atoms with Crippen molar-refractivity contribution in [2.75, 3.05) is 7.11 Å². The third-order valence-corrected chi connectivity index (χ3v) is 4.82. The molecule has 0 N–H and O–H groups in total. The highest BCUT2D eigenvalue weighted by atomic mass is 16.5. The summed E-state index contributed by atoms with van der Waals surface area (Å²) in [6, 6.07) is 8.42. The minimum Gasteiger partial charge on any atom is -0.468 e. The molecule has 18 heavy (non-hydrogen) atoms. The number of esters is 1. The maximum atomic E-state index is 12.4. The van der Waals surface area contributed by atoms with Crippen LogP contribution in [0.15, 0.2) is 36.4 Å². The largest absolute Gasteiger partial charge is 0.468 e. The molecule has 2 heteroatoms. The highest BCUT2D eigenvalue weighted by Gasteiger charge is 2.62. The van der Waals surface area contributed by atoms with E-state index in [4.69, 9.17) is 4.74 Å². The van der Waals surface area contributed by atoms with Gasteiger partial charge in [0.15, 0.2) is 0 Å². The summed E-state index contributed by atoms with van der Waals surface area (Å²) < 4.78 is 5.11. The summed E-state index contributed by atoms with van der Waals surface area (Å²) in [5.41, 5.74) is 3.07. The topological polar surface area (TPSA) is 26.3 Å². The quantitative estimate of drug-likeness (QED) is 0.587. The summed E-state index contributed by atoms with van der Waals surface area (Å²) in [6.07, 6.45) is 2.12. The number of hydrogen-bond acceptors (Lipinski definition) is 2. The zero-order valence-electron chi connectivity index (χ0n) is 10.9. The summed E-state index contributed by atoms with van der Waals surface area (Å²) in [6.45, 7) is 6.07. The van der Waals surface area contributed by atoms with E-state index in [2.05, 4.69) is 30.8 Å². The van der Waals surface area contributed by atoms with Crippen LogP contribution in [0, 0.1) is 5.41 Å². The van der Waals surface area contributed by atoms with Crippen LogP contribution < -0.4 is 0 Å². The number of benzene rings is 1. The van der Waals surface area contributed by atoms with E-state index in [1.165, 1.54) is 18.2 Å². The number of carbonyl (C=O) groups is 1. The van der Waals surface area contributed by atoms with Gasteiger partial charge >= 0.3 is 5.97 Å². The lowest BCUT2D eigenvalue weighted by Crippen LogP contribution is -2.36. The van der Waals surface area contributed by atoms with Crippen LogP contribution in [0.1, 0.15) is 42.7 Å². The fraction of sp³-hybridized carbons (Fsp3) is 0.438. The molecule has 1 aromatic carbocycles. The van der Waals surface area contributed by atoms with Crippen LogP contribution in [0.3, 0.4) is 0 Å². The Hall–Kier alpha value is -1.57. The van der Waals surface area contributed by atoms with Crippen LogP contribution in [-0.4, -0.2) is 13.1 Å². The Balaban J connectivity index is 2.22. The van der Waals surface area contributed by atoms with Gasteiger partial charge in [0.25, 0.3) is 0 Å². The molecule has 0 aromatic heterocycles. The van der Waals surface area contributed by atoms with E-state index >= 15 is 0 Å². The third kappa shape index (κ3) is 1.11. The van der Waals surface area contributed by atoms with E-state index in [9.17, 15) is 4.79 Å². The van der Waals surface area contributed by atoms with E-state index < -0.39 is 5.41 Å². The number of hydrogen-bond donors (Lipinski definition) is 0. The minimum atomic E-state index is -0.515. The number of rotatable bonds is 2. The Kier molecular flexibility index (Phi) is 2.37. The summed E-state index contributed by atoms with van der Waals surface area (Å²) in [5.74, 6) is 0.394. The van der Waals surface area contributed by atoms with Crippen molar-refractivity contribution in [3.05, 3.63) is 47.5 Å². The Morgan fingerprint density at radius 2 is 1.78 bits per heavy atom. The SMILES string of the molecule is C=C(C)C1(C(=O)OC)[C@@H]2CC[C@@H]1c1ccccc12. The molecule has 0 saturated heterocycles. The zero-order valence-corrected chi connectivity index (χ0v) is 10.9. The molecule has 0 aliphatic heterocycles. The van der Waals surface area contributed by atoms with Gasteiger partial charge in [-0.25, -0.2) is 0 Å². The normalized spacial score (nSPS) is 32.1. The Morgan fingerprint density at radius 3 is 2.17 bits per heavy atom. The van der Waals surface area contributed by atoms with Crippen molar-refractivity contribution in [3.63, 3.8) is 0 Å². The van der Waals surface area contributed by atoms with Gasteiger partial charge < -0.3 is 4.74 Å². The van der Waals surface area contributed by atoms with Gasteiger partial charge in [-0.3, -0.25) is 4.79 Å². The average Bonchev–Trinajstić information content (AvgIpc) is 2.91. The highest BCUT2D eigenvalue weighted by Crippen LogP contribution is 2.67. The van der Waals surface area contributed by atoms with E-state index in [1.54, 1.807) is 0 Å². The molecular weight excluding hydrogens is 224 g/mol. The molecule has 2 aliphatic rings. The molecule has 1 fully saturated rings. The van der Waals surface area contributed by atoms with Gasteiger partial charge in [0, 0.05) is 11.8 Å². The highest BCUT2D eigenvalue weighted by molar-refractivity contribution is 5.86. The van der Waals surface area contributed by atoms with Gasteiger partial charge in [0.05, 0.1) is 7.11 Å². The predicted octanol–water partition coefficient (Wildman–Crippen LogP) is 3.40. The molecule has 94 valence electrons. The molecule has 3 rings (SSSR count). The Morgan fingerprint density at radius 1 is 1.28 bits per heavy atom. The lowest BCUT2D eigenvalue weighted by molar-refractivity contribution is -0.151. The van der Waals surface area contributed by atoms with Crippen molar-refractivity contribution in [3.8, 4) is 0 Å². The van der Waals surface area contributed by atoms with Crippen LogP contribution in [-0.2, 0) is 9.53 Å². The lowest BCUT2D eigenvalue weighted by Gasteiger charge is -2.32. The maximum absolute atomic E-state index is 12.4. The lowest BCUT2D eigenvalue weighted by atomic mass is 9.71. The first kappa shape index (κ1) is 11.5. The fourth-order valence-corrected chi connectivity index (χ4v) is 4.20. The molecule has 0 spiro atoms. The number of carbonyl (C=O) groups excluding carboxylic acids is 1. The molecule has 2 nitrogen and oxygen atoms in total. The van der Waals surface area contributed by atoms with Crippen LogP contribution in [0.4, 0.5) is 0 Å². The average molecular weight is 242 g/mol. The van der Waals surface area contributed by atoms with E-state index in [0.29, 0.717) is 0 Å². The third-order valence-electron chi connectivity index (χ3n) is 4.82. The molecule has 0 unspecified atom stereocenters. The molecule has 2 bridgehead atoms. The molecular formula is C16H18O2. The van der Waals surface area contributed by atoms with Gasteiger partial charge in [0.2, 0.25) is 0 Å². The van der Waals surface area contributed by atoms with Gasteiger partial charge in [0.1, 0.15) is 5.41 Å². The number of fused-ring (bicyclic) bond motifs is 5. The van der Waals surface area contributed by atoms with Crippen LogP contribution >= 0.6 is 0 Å².